The smallest absolute Gasteiger partial charge is 0.416 e. The summed E-state index contributed by atoms with van der Waals surface area (Å²) in [5.74, 6) is 0.389. The van der Waals surface area contributed by atoms with Crippen LogP contribution in [0.5, 0.6) is 11.5 Å². The minimum Gasteiger partial charge on any atom is -0.448 e. The molecule has 4 aromatic carbocycles. The number of nitro groups is 1. The number of halogens is 5. The van der Waals surface area contributed by atoms with E-state index in [0.29, 0.717) is 26.6 Å². The van der Waals surface area contributed by atoms with Crippen LogP contribution in [0.4, 0.5) is 48.1 Å². The zero-order valence-electron chi connectivity index (χ0n) is 22.6. The average molecular weight is 744 g/mol. The van der Waals surface area contributed by atoms with Crippen LogP contribution < -0.4 is 20.8 Å². The van der Waals surface area contributed by atoms with E-state index in [1.165, 1.54) is 6.21 Å². The molecule has 0 bridgehead atoms. The molecule has 5 rings (SSSR count). The molecule has 0 radical (unpaired) electrons. The highest BCUT2D eigenvalue weighted by molar-refractivity contribution is 9.11. The van der Waals surface area contributed by atoms with Crippen molar-refractivity contribution in [2.45, 2.75) is 6.18 Å². The maximum absolute atomic E-state index is 13.1. The van der Waals surface area contributed by atoms with Crippen LogP contribution in [-0.2, 0) is 6.18 Å². The number of aromatic nitrogens is 3. The van der Waals surface area contributed by atoms with E-state index in [2.05, 4.69) is 68.0 Å². The number of nitrogens with one attached hydrogen (secondary N) is 3. The quantitative estimate of drug-likeness (QED) is 0.0726. The predicted molar refractivity (Wildman–Crippen MR) is 171 cm³/mol. The van der Waals surface area contributed by atoms with Crippen LogP contribution in [0.25, 0.3) is 0 Å². The van der Waals surface area contributed by atoms with Crippen molar-refractivity contribution in [1.29, 1.82) is 0 Å². The van der Waals surface area contributed by atoms with Gasteiger partial charge < -0.3 is 15.4 Å². The molecule has 1 aromatic heterocycles. The highest BCUT2D eigenvalue weighted by atomic mass is 79.9. The Morgan fingerprint density at radius 3 is 1.84 bits per heavy atom. The third-order valence-corrected chi connectivity index (χ3v) is 6.97. The molecule has 0 unspecified atom stereocenters. The Bertz CT molecular complexity index is 1780. The Labute approximate surface area is 270 Å². The van der Waals surface area contributed by atoms with Crippen molar-refractivity contribution >= 4 is 73.0 Å². The van der Waals surface area contributed by atoms with Gasteiger partial charge in [-0.15, -0.1) is 0 Å². The van der Waals surface area contributed by atoms with Crippen molar-refractivity contribution in [3.8, 4) is 11.5 Å². The summed E-state index contributed by atoms with van der Waals surface area (Å²) < 4.78 is 45.6. The molecule has 3 N–H and O–H groups in total. The molecule has 0 aliphatic carbocycles. The summed E-state index contributed by atoms with van der Waals surface area (Å²) in [6.45, 7) is 0. The highest BCUT2D eigenvalue weighted by Crippen LogP contribution is 2.42. The molecule has 0 amide bonds. The second kappa shape index (κ2) is 13.7. The Morgan fingerprint density at radius 1 is 0.800 bits per heavy atom. The van der Waals surface area contributed by atoms with E-state index >= 15 is 0 Å². The van der Waals surface area contributed by atoms with Crippen LogP contribution in [0.2, 0.25) is 0 Å². The maximum atomic E-state index is 13.1. The van der Waals surface area contributed by atoms with Crippen molar-refractivity contribution in [3.63, 3.8) is 0 Å². The lowest BCUT2D eigenvalue weighted by Crippen LogP contribution is -2.07. The van der Waals surface area contributed by atoms with Gasteiger partial charge in [0.2, 0.25) is 23.6 Å². The van der Waals surface area contributed by atoms with Crippen LogP contribution in [0.15, 0.2) is 105 Å². The summed E-state index contributed by atoms with van der Waals surface area (Å²) in [5, 5.41) is 21.9. The third kappa shape index (κ3) is 8.30. The first-order chi connectivity index (χ1) is 21.5. The molecule has 5 aromatic rings. The number of hydrogen-bond acceptors (Lipinski definition) is 10. The number of anilines is 5. The van der Waals surface area contributed by atoms with Gasteiger partial charge in [0.1, 0.15) is 0 Å². The van der Waals surface area contributed by atoms with Gasteiger partial charge in [0.15, 0.2) is 5.75 Å². The second-order valence-corrected chi connectivity index (χ2v) is 10.7. The van der Waals surface area contributed by atoms with Gasteiger partial charge in [-0.2, -0.15) is 33.2 Å². The summed E-state index contributed by atoms with van der Waals surface area (Å²) in [6.07, 6.45) is -3.29. The summed E-state index contributed by atoms with van der Waals surface area (Å²) in [4.78, 5) is 23.7. The van der Waals surface area contributed by atoms with E-state index in [4.69, 9.17) is 4.74 Å². The number of nitrogens with zero attached hydrogens (tertiary/aromatic N) is 5. The maximum Gasteiger partial charge on any atom is 0.416 e. The molecular weight excluding hydrogens is 725 g/mol. The van der Waals surface area contributed by atoms with Crippen LogP contribution in [0.1, 0.15) is 11.1 Å². The molecule has 1 heterocycles. The SMILES string of the molecule is O=[N+]([O-])c1cc(C(F)(F)F)ccc1Oc1c(Br)cc(/C=N\Nc2nc(Nc3ccccc3)nc(Nc3ccccc3)n2)cc1Br. The molecule has 0 saturated carbocycles. The molecule has 16 heteroatoms. The van der Waals surface area contributed by atoms with E-state index < -0.39 is 22.4 Å². The number of hydrogen-bond donors (Lipinski definition) is 3. The number of nitro benzene ring substituents is 1. The number of alkyl halides is 3. The van der Waals surface area contributed by atoms with Gasteiger partial charge in [-0.1, -0.05) is 36.4 Å². The fourth-order valence-electron chi connectivity index (χ4n) is 3.79. The monoisotopic (exact) mass is 742 g/mol. The van der Waals surface area contributed by atoms with Crippen LogP contribution >= 0.6 is 31.9 Å². The van der Waals surface area contributed by atoms with Crippen molar-refractivity contribution in [1.82, 2.24) is 15.0 Å². The van der Waals surface area contributed by atoms with Crippen LogP contribution in [0.3, 0.4) is 0 Å². The molecule has 0 aliphatic rings. The van der Waals surface area contributed by atoms with E-state index in [1.54, 1.807) is 12.1 Å². The molecule has 0 spiro atoms. The van der Waals surface area contributed by atoms with Gasteiger partial charge in [-0.05, 0) is 86.0 Å². The van der Waals surface area contributed by atoms with E-state index in [-0.39, 0.29) is 29.3 Å². The summed E-state index contributed by atoms with van der Waals surface area (Å²) >= 11 is 6.69. The Morgan fingerprint density at radius 2 is 1.33 bits per heavy atom. The van der Waals surface area contributed by atoms with Crippen molar-refractivity contribution in [2.24, 2.45) is 5.10 Å². The van der Waals surface area contributed by atoms with Crippen molar-refractivity contribution < 1.29 is 22.8 Å². The largest absolute Gasteiger partial charge is 0.448 e. The highest BCUT2D eigenvalue weighted by Gasteiger charge is 2.33. The van der Waals surface area contributed by atoms with E-state index in [9.17, 15) is 23.3 Å². The molecule has 0 saturated heterocycles. The lowest BCUT2D eigenvalue weighted by atomic mass is 10.2. The molecule has 0 atom stereocenters. The minimum absolute atomic E-state index is 0.105. The Hall–Kier alpha value is -5.09. The van der Waals surface area contributed by atoms with E-state index in [1.807, 2.05) is 60.7 Å². The molecule has 0 fully saturated rings. The van der Waals surface area contributed by atoms with Gasteiger partial charge in [0, 0.05) is 17.4 Å². The van der Waals surface area contributed by atoms with Crippen molar-refractivity contribution in [3.05, 3.63) is 121 Å². The molecular formula is C29H19Br2F3N8O3. The molecule has 0 aliphatic heterocycles. The normalized spacial score (nSPS) is 11.3. The van der Waals surface area contributed by atoms with Gasteiger partial charge in [0.25, 0.3) is 0 Å². The second-order valence-electron chi connectivity index (χ2n) is 9.01. The first-order valence-electron chi connectivity index (χ1n) is 12.8. The number of benzene rings is 4. The first kappa shape index (κ1) is 31.3. The van der Waals surface area contributed by atoms with Gasteiger partial charge in [-0.3, -0.25) is 10.1 Å². The minimum atomic E-state index is -4.75. The standard InChI is InChI=1S/C29H19Br2F3N8O3/c30-21-13-17(14-22(31)25(21)45-24-12-11-18(29(32,33)34)15-23(24)42(43)44)16-35-41-28-39-26(36-19-7-3-1-4-8-19)38-27(40-28)37-20-9-5-2-6-10-20/h1-16H,(H3,36,37,38,39,40,41)/b35-16-. The zero-order valence-corrected chi connectivity index (χ0v) is 25.8. The van der Waals surface area contributed by atoms with E-state index in [0.717, 1.165) is 17.4 Å². The van der Waals surface area contributed by atoms with Crippen molar-refractivity contribution in [2.75, 3.05) is 16.1 Å². The van der Waals surface area contributed by atoms with Crippen LogP contribution in [-0.4, -0.2) is 26.1 Å². The summed E-state index contributed by atoms with van der Waals surface area (Å²) in [5.41, 5.74) is 2.86. The molecule has 45 heavy (non-hydrogen) atoms. The fourth-order valence-corrected chi connectivity index (χ4v) is 5.17. The number of ether oxygens (including phenoxy) is 1. The van der Waals surface area contributed by atoms with Gasteiger partial charge >= 0.3 is 11.9 Å². The first-order valence-corrected chi connectivity index (χ1v) is 14.4. The zero-order chi connectivity index (χ0) is 32.0. The average Bonchev–Trinajstić information content (AvgIpc) is 2.99. The molecule has 228 valence electrons. The Kier molecular flexibility index (Phi) is 9.53. The van der Waals surface area contributed by atoms with Gasteiger partial charge in [-0.25, -0.2) is 5.43 Å². The number of hydrazone groups is 1. The Balaban J connectivity index is 1.35. The molecule has 11 nitrogen and oxygen atoms in total. The number of para-hydroxylation sites is 2. The summed E-state index contributed by atoms with van der Waals surface area (Å²) in [7, 11) is 0. The lowest BCUT2D eigenvalue weighted by molar-refractivity contribution is -0.385. The predicted octanol–water partition coefficient (Wildman–Crippen LogP) is 9.05. The lowest BCUT2D eigenvalue weighted by Gasteiger charge is -2.13. The third-order valence-electron chi connectivity index (χ3n) is 5.79. The van der Waals surface area contributed by atoms with Crippen LogP contribution in [0, 0.1) is 10.1 Å². The fraction of sp³-hybridized carbons (Fsp3) is 0.0345. The number of rotatable bonds is 10. The topological polar surface area (TPSA) is 139 Å². The summed E-state index contributed by atoms with van der Waals surface area (Å²) in [6, 6.07) is 23.9. The van der Waals surface area contributed by atoms with Gasteiger partial charge in [0.05, 0.1) is 25.6 Å².